The second-order valence-electron chi connectivity index (χ2n) is 4.50. The Bertz CT molecular complexity index is 294. The van der Waals surface area contributed by atoms with Gasteiger partial charge in [0.2, 0.25) is 0 Å². The van der Waals surface area contributed by atoms with Gasteiger partial charge < -0.3 is 18.9 Å². The van der Waals surface area contributed by atoms with Crippen molar-refractivity contribution in [1.82, 2.24) is 10.6 Å². The van der Waals surface area contributed by atoms with Crippen LogP contribution in [-0.4, -0.2) is 51.1 Å². The van der Waals surface area contributed by atoms with Crippen LogP contribution in [0.5, 0.6) is 0 Å². The average molecular weight is 288 g/mol. The van der Waals surface area contributed by atoms with Gasteiger partial charge in [0.15, 0.2) is 0 Å². The van der Waals surface area contributed by atoms with E-state index in [1.807, 2.05) is 0 Å². The Morgan fingerprint density at radius 1 is 0.900 bits per heavy atom. The summed E-state index contributed by atoms with van der Waals surface area (Å²) in [6, 6.07) is 0. The molecule has 2 heterocycles. The number of esters is 2. The Labute approximate surface area is 117 Å². The summed E-state index contributed by atoms with van der Waals surface area (Å²) in [6.07, 6.45) is 0.398. The molecule has 2 unspecified atom stereocenters. The van der Waals surface area contributed by atoms with Gasteiger partial charge in [-0.15, -0.1) is 0 Å². The molecule has 0 amide bonds. The Hall–Kier alpha value is -1.22. The second-order valence-corrected chi connectivity index (χ2v) is 4.50. The van der Waals surface area contributed by atoms with Gasteiger partial charge in [0, 0.05) is 25.9 Å². The molecule has 0 aromatic carbocycles. The van der Waals surface area contributed by atoms with Crippen LogP contribution < -0.4 is 10.6 Å². The highest BCUT2D eigenvalue weighted by Crippen LogP contribution is 2.07. The molecular formula is C12H20N2O6. The lowest BCUT2D eigenvalue weighted by Gasteiger charge is -2.12. The molecule has 0 aromatic heterocycles. The lowest BCUT2D eigenvalue weighted by molar-refractivity contribution is -0.175. The van der Waals surface area contributed by atoms with Gasteiger partial charge in [0.1, 0.15) is 0 Å². The summed E-state index contributed by atoms with van der Waals surface area (Å²) in [5, 5.41) is 5.75. The van der Waals surface area contributed by atoms with Crippen LogP contribution in [0.15, 0.2) is 0 Å². The van der Waals surface area contributed by atoms with Gasteiger partial charge in [-0.25, -0.2) is 0 Å². The van der Waals surface area contributed by atoms with Crippen LogP contribution in [0.3, 0.4) is 0 Å². The van der Waals surface area contributed by atoms with Gasteiger partial charge in [0.05, 0.1) is 13.2 Å². The smallest absolute Gasteiger partial charge is 0.309 e. The molecule has 2 aliphatic heterocycles. The van der Waals surface area contributed by atoms with Gasteiger partial charge in [-0.2, -0.15) is 0 Å². The second kappa shape index (κ2) is 8.15. The van der Waals surface area contributed by atoms with Crippen molar-refractivity contribution in [1.29, 1.82) is 0 Å². The third-order valence-corrected chi connectivity index (χ3v) is 2.85. The standard InChI is InChI=1S/C12H20N2O6/c15-9(19-11-13-5-7-17-11)3-1-2-4-10(16)20-12-14-6-8-18-12/h11-14H,1-8H2. The Kier molecular flexibility index (Phi) is 6.19. The van der Waals surface area contributed by atoms with Gasteiger partial charge in [0.25, 0.3) is 12.8 Å². The first kappa shape index (κ1) is 15.2. The molecule has 2 fully saturated rings. The van der Waals surface area contributed by atoms with Crippen LogP contribution in [0.1, 0.15) is 25.7 Å². The third-order valence-electron chi connectivity index (χ3n) is 2.85. The first-order chi connectivity index (χ1) is 9.74. The molecule has 8 nitrogen and oxygen atoms in total. The van der Waals surface area contributed by atoms with E-state index in [2.05, 4.69) is 10.6 Å². The van der Waals surface area contributed by atoms with E-state index in [1.165, 1.54) is 0 Å². The fourth-order valence-corrected chi connectivity index (χ4v) is 1.85. The van der Waals surface area contributed by atoms with Crippen molar-refractivity contribution in [2.45, 2.75) is 38.5 Å². The summed E-state index contributed by atoms with van der Waals surface area (Å²) in [7, 11) is 0. The van der Waals surface area contributed by atoms with Gasteiger partial charge in [-0.05, 0) is 12.8 Å². The molecule has 20 heavy (non-hydrogen) atoms. The molecule has 2 N–H and O–H groups in total. The molecule has 0 bridgehead atoms. The molecule has 0 aliphatic carbocycles. The summed E-state index contributed by atoms with van der Waals surface area (Å²) in [4.78, 5) is 22.9. The third kappa shape index (κ3) is 5.41. The van der Waals surface area contributed by atoms with Gasteiger partial charge >= 0.3 is 11.9 Å². The normalized spacial score (nSPS) is 25.6. The maximum absolute atomic E-state index is 11.4. The molecule has 0 saturated carbocycles. The SMILES string of the molecule is O=C(CCCCC(=O)OC1NCCO1)OC1NCCO1. The molecule has 2 saturated heterocycles. The number of unbranched alkanes of at least 4 members (excludes halogenated alkanes) is 1. The maximum atomic E-state index is 11.4. The average Bonchev–Trinajstić information content (AvgIpc) is 3.08. The van der Waals surface area contributed by atoms with E-state index in [-0.39, 0.29) is 24.8 Å². The zero-order valence-electron chi connectivity index (χ0n) is 11.3. The lowest BCUT2D eigenvalue weighted by atomic mass is 10.2. The molecule has 8 heteroatoms. The zero-order chi connectivity index (χ0) is 14.2. The monoisotopic (exact) mass is 288 g/mol. The van der Waals surface area contributed by atoms with Crippen molar-refractivity contribution in [2.24, 2.45) is 0 Å². The first-order valence-corrected chi connectivity index (χ1v) is 6.83. The van der Waals surface area contributed by atoms with Crippen molar-refractivity contribution in [2.75, 3.05) is 26.3 Å². The van der Waals surface area contributed by atoms with Crippen molar-refractivity contribution in [3.05, 3.63) is 0 Å². The van der Waals surface area contributed by atoms with E-state index >= 15 is 0 Å². The van der Waals surface area contributed by atoms with Gasteiger partial charge in [-0.1, -0.05) is 0 Å². The molecule has 2 rings (SSSR count). The van der Waals surface area contributed by atoms with E-state index in [9.17, 15) is 9.59 Å². The first-order valence-electron chi connectivity index (χ1n) is 6.83. The van der Waals surface area contributed by atoms with Crippen molar-refractivity contribution < 1.29 is 28.5 Å². The van der Waals surface area contributed by atoms with Crippen molar-refractivity contribution in [3.8, 4) is 0 Å². The Balaban J connectivity index is 1.47. The number of hydrogen-bond acceptors (Lipinski definition) is 8. The molecule has 2 aliphatic rings. The largest absolute Gasteiger partial charge is 0.421 e. The van der Waals surface area contributed by atoms with Crippen LogP contribution >= 0.6 is 0 Å². The van der Waals surface area contributed by atoms with Crippen LogP contribution in [0, 0.1) is 0 Å². The number of hydrogen-bond donors (Lipinski definition) is 2. The van der Waals surface area contributed by atoms with Crippen LogP contribution in [0.2, 0.25) is 0 Å². The predicted octanol–water partition coefficient (Wildman–Crippen LogP) is -0.560. The van der Waals surface area contributed by atoms with Crippen LogP contribution in [-0.2, 0) is 28.5 Å². The van der Waals surface area contributed by atoms with E-state index in [0.29, 0.717) is 39.1 Å². The highest BCUT2D eigenvalue weighted by Gasteiger charge is 2.20. The molecule has 0 radical (unpaired) electrons. The van der Waals surface area contributed by atoms with E-state index in [4.69, 9.17) is 18.9 Å². The zero-order valence-corrected chi connectivity index (χ0v) is 11.3. The minimum absolute atomic E-state index is 0.257. The fraction of sp³-hybridized carbons (Fsp3) is 0.833. The molecule has 2 atom stereocenters. The number of rotatable bonds is 7. The van der Waals surface area contributed by atoms with E-state index in [0.717, 1.165) is 0 Å². The Morgan fingerprint density at radius 2 is 1.35 bits per heavy atom. The summed E-state index contributed by atoms with van der Waals surface area (Å²) in [5.74, 6) is -0.669. The molecule has 0 spiro atoms. The molecular weight excluding hydrogens is 268 g/mol. The van der Waals surface area contributed by atoms with E-state index in [1.54, 1.807) is 0 Å². The lowest BCUT2D eigenvalue weighted by Crippen LogP contribution is -2.29. The van der Waals surface area contributed by atoms with E-state index < -0.39 is 12.8 Å². The summed E-state index contributed by atoms with van der Waals surface area (Å²) < 4.78 is 20.2. The minimum Gasteiger partial charge on any atom is -0.421 e. The van der Waals surface area contributed by atoms with Gasteiger partial charge in [-0.3, -0.25) is 20.2 Å². The topological polar surface area (TPSA) is 95.1 Å². The Morgan fingerprint density at radius 3 is 1.70 bits per heavy atom. The number of nitrogens with one attached hydrogen (secondary N) is 2. The minimum atomic E-state index is -0.627. The molecule has 0 aromatic rings. The summed E-state index contributed by atoms with van der Waals surface area (Å²) in [5.41, 5.74) is 0. The highest BCUT2D eigenvalue weighted by atomic mass is 16.7. The number of carbonyl (C=O) groups is 2. The quantitative estimate of drug-likeness (QED) is 0.475. The maximum Gasteiger partial charge on any atom is 0.309 e. The molecule has 114 valence electrons. The fourth-order valence-electron chi connectivity index (χ4n) is 1.85. The van der Waals surface area contributed by atoms with Crippen molar-refractivity contribution >= 4 is 11.9 Å². The number of carbonyl (C=O) groups excluding carboxylic acids is 2. The number of ether oxygens (including phenoxy) is 4. The highest BCUT2D eigenvalue weighted by molar-refractivity contribution is 5.70. The summed E-state index contributed by atoms with van der Waals surface area (Å²) in [6.45, 7) is 2.45. The predicted molar refractivity (Wildman–Crippen MR) is 66.1 cm³/mol. The summed E-state index contributed by atoms with van der Waals surface area (Å²) >= 11 is 0. The van der Waals surface area contributed by atoms with Crippen LogP contribution in [0.25, 0.3) is 0 Å². The van der Waals surface area contributed by atoms with Crippen molar-refractivity contribution in [3.63, 3.8) is 0 Å². The van der Waals surface area contributed by atoms with Crippen LogP contribution in [0.4, 0.5) is 0 Å².